The maximum absolute atomic E-state index is 13.2. The fourth-order valence-corrected chi connectivity index (χ4v) is 3.67. The molecule has 0 spiro atoms. The zero-order valence-corrected chi connectivity index (χ0v) is 18.4. The Morgan fingerprint density at radius 1 is 1.15 bits per heavy atom. The molecular weight excluding hydrogens is 451 g/mol. The molecular formula is C23H20F3N5O3. The average molecular weight is 471 g/mol. The van der Waals surface area contributed by atoms with E-state index >= 15 is 0 Å². The molecule has 4 aromatic rings. The van der Waals surface area contributed by atoms with E-state index in [-0.39, 0.29) is 28.6 Å². The van der Waals surface area contributed by atoms with E-state index in [2.05, 4.69) is 15.6 Å². The molecule has 176 valence electrons. The van der Waals surface area contributed by atoms with Crippen LogP contribution in [-0.4, -0.2) is 28.0 Å². The normalized spacial score (nSPS) is 11.5. The number of nitrogen functional groups attached to an aromatic ring is 1. The number of rotatable bonds is 5. The molecule has 0 aliphatic rings. The van der Waals surface area contributed by atoms with Crippen molar-refractivity contribution in [2.24, 2.45) is 0 Å². The van der Waals surface area contributed by atoms with Crippen molar-refractivity contribution < 1.29 is 27.2 Å². The molecule has 0 unspecified atom stereocenters. The van der Waals surface area contributed by atoms with E-state index in [9.17, 15) is 18.0 Å². The molecule has 0 bridgehead atoms. The van der Waals surface area contributed by atoms with Crippen molar-refractivity contribution in [1.29, 1.82) is 0 Å². The molecule has 2 aromatic heterocycles. The molecule has 2 heterocycles. The highest BCUT2D eigenvalue weighted by atomic mass is 19.4. The maximum atomic E-state index is 13.2. The number of ether oxygens (including phenoxy) is 1. The minimum absolute atomic E-state index is 0.0437. The molecule has 0 atom stereocenters. The van der Waals surface area contributed by atoms with Crippen LogP contribution in [0.5, 0.6) is 5.75 Å². The lowest BCUT2D eigenvalue weighted by molar-refractivity contribution is -0.137. The Balaban J connectivity index is 1.76. The van der Waals surface area contributed by atoms with Crippen LogP contribution >= 0.6 is 0 Å². The number of halogens is 3. The molecule has 0 aliphatic heterocycles. The number of amides is 1. The summed E-state index contributed by atoms with van der Waals surface area (Å²) in [6.07, 6.45) is -4.60. The van der Waals surface area contributed by atoms with Crippen LogP contribution in [0.15, 0.2) is 53.1 Å². The summed E-state index contributed by atoms with van der Waals surface area (Å²) < 4.78 is 51.4. The molecule has 11 heteroatoms. The number of carbonyl (C=O) groups is 1. The minimum Gasteiger partial charge on any atom is -0.495 e. The zero-order chi connectivity index (χ0) is 24.6. The van der Waals surface area contributed by atoms with Gasteiger partial charge in [-0.05, 0) is 44.2 Å². The first-order valence-electron chi connectivity index (χ1n) is 10.1. The molecule has 0 saturated carbocycles. The summed E-state index contributed by atoms with van der Waals surface area (Å²) in [7, 11) is 1.28. The fourth-order valence-electron chi connectivity index (χ4n) is 3.67. The van der Waals surface area contributed by atoms with Crippen LogP contribution in [0.4, 0.5) is 24.7 Å². The quantitative estimate of drug-likeness (QED) is 0.424. The van der Waals surface area contributed by atoms with E-state index < -0.39 is 17.6 Å². The SMILES string of the molecule is COc1ccc(C(F)(F)F)cc1NC(=O)c1c(-c2c(C)nn(-c3ccccc3)c2C)noc1N. The molecule has 34 heavy (non-hydrogen) atoms. The summed E-state index contributed by atoms with van der Waals surface area (Å²) in [5.41, 5.74) is 7.31. The molecule has 0 saturated heterocycles. The predicted molar refractivity (Wildman–Crippen MR) is 119 cm³/mol. The van der Waals surface area contributed by atoms with Gasteiger partial charge in [0.1, 0.15) is 17.0 Å². The van der Waals surface area contributed by atoms with Gasteiger partial charge in [-0.3, -0.25) is 4.79 Å². The third kappa shape index (κ3) is 4.07. The smallest absolute Gasteiger partial charge is 0.416 e. The maximum Gasteiger partial charge on any atom is 0.416 e. The molecule has 8 nitrogen and oxygen atoms in total. The van der Waals surface area contributed by atoms with Crippen molar-refractivity contribution in [3.63, 3.8) is 0 Å². The lowest BCUT2D eigenvalue weighted by Crippen LogP contribution is -2.16. The highest BCUT2D eigenvalue weighted by Gasteiger charge is 2.32. The van der Waals surface area contributed by atoms with Crippen LogP contribution in [0.3, 0.4) is 0 Å². The van der Waals surface area contributed by atoms with Gasteiger partial charge < -0.3 is 20.3 Å². The number of aryl methyl sites for hydroxylation is 1. The van der Waals surface area contributed by atoms with Gasteiger partial charge in [0.05, 0.1) is 35.4 Å². The third-order valence-corrected chi connectivity index (χ3v) is 5.25. The molecule has 2 aromatic carbocycles. The number of para-hydroxylation sites is 1. The van der Waals surface area contributed by atoms with Gasteiger partial charge in [0.25, 0.3) is 5.91 Å². The fraction of sp³-hybridized carbons (Fsp3) is 0.174. The molecule has 4 rings (SSSR count). The van der Waals surface area contributed by atoms with Gasteiger partial charge in [0, 0.05) is 5.56 Å². The van der Waals surface area contributed by atoms with E-state index in [0.29, 0.717) is 17.0 Å². The monoisotopic (exact) mass is 471 g/mol. The Morgan fingerprint density at radius 2 is 1.85 bits per heavy atom. The first-order chi connectivity index (χ1) is 16.1. The Hall–Kier alpha value is -4.28. The number of anilines is 2. The number of nitrogens with zero attached hydrogens (tertiary/aromatic N) is 3. The zero-order valence-electron chi connectivity index (χ0n) is 18.4. The van der Waals surface area contributed by atoms with Gasteiger partial charge in [-0.25, -0.2) is 4.68 Å². The Kier molecular flexibility index (Phi) is 5.78. The number of hydrogen-bond acceptors (Lipinski definition) is 6. The molecule has 0 fully saturated rings. The number of nitrogens with two attached hydrogens (primary N) is 1. The largest absolute Gasteiger partial charge is 0.495 e. The molecule has 3 N–H and O–H groups in total. The third-order valence-electron chi connectivity index (χ3n) is 5.25. The topological polar surface area (TPSA) is 108 Å². The standard InChI is InChI=1S/C23H20F3N5O3/c1-12-18(13(2)31(29-12)15-7-5-4-6-8-15)20-19(21(27)34-30-20)22(32)28-16-11-14(23(24,25)26)9-10-17(16)33-3/h4-11H,27H2,1-3H3,(H,28,32). The number of alkyl halides is 3. The van der Waals surface area contributed by atoms with Crippen molar-refractivity contribution in [3.05, 3.63) is 71.0 Å². The summed E-state index contributed by atoms with van der Waals surface area (Å²) in [5, 5.41) is 10.9. The Labute approximate surface area is 192 Å². The van der Waals surface area contributed by atoms with Gasteiger partial charge in [-0.1, -0.05) is 23.4 Å². The number of carbonyl (C=O) groups excluding carboxylic acids is 1. The van der Waals surface area contributed by atoms with Gasteiger partial charge in [-0.2, -0.15) is 18.3 Å². The lowest BCUT2D eigenvalue weighted by atomic mass is 10.0. The van der Waals surface area contributed by atoms with Crippen LogP contribution in [-0.2, 0) is 6.18 Å². The summed E-state index contributed by atoms with van der Waals surface area (Å²) in [5.74, 6) is -1.05. The van der Waals surface area contributed by atoms with E-state index in [1.165, 1.54) is 7.11 Å². The number of benzene rings is 2. The second-order valence-electron chi connectivity index (χ2n) is 7.43. The second kappa shape index (κ2) is 8.58. The highest BCUT2D eigenvalue weighted by molar-refractivity contribution is 6.11. The Morgan fingerprint density at radius 3 is 2.50 bits per heavy atom. The number of hydrogen-bond donors (Lipinski definition) is 2. The van der Waals surface area contributed by atoms with E-state index in [1.807, 2.05) is 30.3 Å². The van der Waals surface area contributed by atoms with Gasteiger partial charge in [0.15, 0.2) is 0 Å². The van der Waals surface area contributed by atoms with Crippen molar-refractivity contribution in [1.82, 2.24) is 14.9 Å². The predicted octanol–water partition coefficient (Wildman–Crippen LogP) is 5.01. The van der Waals surface area contributed by atoms with Crippen molar-refractivity contribution >= 4 is 17.5 Å². The van der Waals surface area contributed by atoms with Crippen LogP contribution < -0.4 is 15.8 Å². The number of aromatic nitrogens is 3. The summed E-state index contributed by atoms with van der Waals surface area (Å²) >= 11 is 0. The van der Waals surface area contributed by atoms with Crippen LogP contribution in [0.2, 0.25) is 0 Å². The van der Waals surface area contributed by atoms with Crippen LogP contribution in [0.25, 0.3) is 16.9 Å². The summed E-state index contributed by atoms with van der Waals surface area (Å²) in [6.45, 7) is 3.54. The summed E-state index contributed by atoms with van der Waals surface area (Å²) in [6, 6.07) is 12.1. The van der Waals surface area contributed by atoms with Gasteiger partial charge in [-0.15, -0.1) is 0 Å². The van der Waals surface area contributed by atoms with Crippen LogP contribution in [0, 0.1) is 13.8 Å². The molecule has 1 amide bonds. The van der Waals surface area contributed by atoms with Gasteiger partial charge >= 0.3 is 6.18 Å². The van der Waals surface area contributed by atoms with Crippen LogP contribution in [0.1, 0.15) is 27.3 Å². The average Bonchev–Trinajstić information content (AvgIpc) is 3.31. The number of nitrogens with one attached hydrogen (secondary N) is 1. The number of methoxy groups -OCH3 is 1. The lowest BCUT2D eigenvalue weighted by Gasteiger charge is -2.13. The highest BCUT2D eigenvalue weighted by Crippen LogP contribution is 2.37. The first-order valence-corrected chi connectivity index (χ1v) is 10.1. The molecule has 0 aliphatic carbocycles. The molecule has 0 radical (unpaired) electrons. The second-order valence-corrected chi connectivity index (χ2v) is 7.43. The summed E-state index contributed by atoms with van der Waals surface area (Å²) in [4.78, 5) is 13.2. The van der Waals surface area contributed by atoms with E-state index in [4.69, 9.17) is 15.0 Å². The van der Waals surface area contributed by atoms with Crippen molar-refractivity contribution in [2.75, 3.05) is 18.2 Å². The van der Waals surface area contributed by atoms with Crippen molar-refractivity contribution in [3.8, 4) is 22.7 Å². The first kappa shape index (κ1) is 22.9. The minimum atomic E-state index is -4.60. The van der Waals surface area contributed by atoms with E-state index in [1.54, 1.807) is 18.5 Å². The van der Waals surface area contributed by atoms with E-state index in [0.717, 1.165) is 23.9 Å². The van der Waals surface area contributed by atoms with Gasteiger partial charge in [0.2, 0.25) is 5.88 Å². The Bertz CT molecular complexity index is 1360. The van der Waals surface area contributed by atoms with Crippen molar-refractivity contribution in [2.45, 2.75) is 20.0 Å².